The number of likely N-dealkylation sites (tertiary alicyclic amines) is 1. The molecule has 2 saturated carbocycles. The van der Waals surface area contributed by atoms with E-state index < -0.39 is 5.60 Å². The van der Waals surface area contributed by atoms with E-state index in [1.54, 1.807) is 18.2 Å². The smallest absolute Gasteiger partial charge is 0.410 e. The third-order valence-electron chi connectivity index (χ3n) is 9.73. The van der Waals surface area contributed by atoms with Crippen molar-refractivity contribution in [3.8, 4) is 5.75 Å². The van der Waals surface area contributed by atoms with Crippen molar-refractivity contribution in [1.29, 1.82) is 0 Å². The molecule has 6 rings (SSSR count). The van der Waals surface area contributed by atoms with Crippen molar-refractivity contribution in [3.05, 3.63) is 65.2 Å². The number of benzene rings is 2. The van der Waals surface area contributed by atoms with Crippen molar-refractivity contribution >= 4 is 6.09 Å². The van der Waals surface area contributed by atoms with E-state index >= 15 is 0 Å². The molecule has 6 heteroatoms. The Labute approximate surface area is 240 Å². The number of methoxy groups -OCH3 is 1. The van der Waals surface area contributed by atoms with Crippen LogP contribution in [0.1, 0.15) is 87.9 Å². The molecule has 0 bridgehead atoms. The molecule has 2 aromatic rings. The highest BCUT2D eigenvalue weighted by atomic mass is 16.6. The molecule has 6 nitrogen and oxygen atoms in total. The molecule has 2 aliphatic carbocycles. The second-order valence-electron chi connectivity index (χ2n) is 13.8. The molecule has 216 valence electrons. The number of nitrogens with zero attached hydrogens (tertiary/aromatic N) is 3. The number of piperidine rings is 1. The van der Waals surface area contributed by atoms with Crippen LogP contribution in [-0.2, 0) is 11.3 Å². The topological polar surface area (TPSA) is 45.2 Å². The lowest BCUT2D eigenvalue weighted by molar-refractivity contribution is -0.0782. The summed E-state index contributed by atoms with van der Waals surface area (Å²) in [4.78, 5) is 20.1. The molecule has 1 unspecified atom stereocenters. The molecule has 4 fully saturated rings. The number of piperazine rings is 1. The zero-order valence-electron chi connectivity index (χ0n) is 24.9. The van der Waals surface area contributed by atoms with E-state index in [1.807, 2.05) is 25.7 Å². The van der Waals surface area contributed by atoms with Gasteiger partial charge in [-0.3, -0.25) is 9.80 Å². The lowest BCUT2D eigenvalue weighted by Crippen LogP contribution is -2.60. The fourth-order valence-electron chi connectivity index (χ4n) is 7.35. The van der Waals surface area contributed by atoms with Gasteiger partial charge in [0.05, 0.1) is 7.11 Å². The minimum atomic E-state index is -0.435. The van der Waals surface area contributed by atoms with Gasteiger partial charge in [-0.25, -0.2) is 4.79 Å². The number of hydrogen-bond acceptors (Lipinski definition) is 5. The normalized spacial score (nSPS) is 24.1. The van der Waals surface area contributed by atoms with E-state index in [-0.39, 0.29) is 6.09 Å². The molecule has 40 heavy (non-hydrogen) atoms. The first-order valence-corrected chi connectivity index (χ1v) is 15.4. The quantitative estimate of drug-likeness (QED) is 0.409. The first kappa shape index (κ1) is 27.6. The maximum absolute atomic E-state index is 12.6. The van der Waals surface area contributed by atoms with Crippen LogP contribution in [0.4, 0.5) is 4.79 Å². The Bertz CT molecular complexity index is 1170. The molecule has 4 aliphatic rings. The summed E-state index contributed by atoms with van der Waals surface area (Å²) in [5, 5.41) is 0. The Hall–Kier alpha value is -2.57. The zero-order chi connectivity index (χ0) is 27.9. The van der Waals surface area contributed by atoms with Gasteiger partial charge in [0.25, 0.3) is 0 Å². The molecule has 2 aliphatic heterocycles. The van der Waals surface area contributed by atoms with Crippen LogP contribution in [0.5, 0.6) is 5.75 Å². The van der Waals surface area contributed by atoms with E-state index in [0.717, 1.165) is 63.8 Å². The Morgan fingerprint density at radius 2 is 1.60 bits per heavy atom. The molecule has 1 amide bonds. The highest BCUT2D eigenvalue weighted by Crippen LogP contribution is 2.53. The van der Waals surface area contributed by atoms with Gasteiger partial charge in [0.2, 0.25) is 0 Å². The van der Waals surface area contributed by atoms with Crippen LogP contribution in [0.3, 0.4) is 0 Å². The maximum atomic E-state index is 12.6. The number of rotatable bonds is 6. The van der Waals surface area contributed by atoms with Crippen molar-refractivity contribution in [2.45, 2.75) is 89.4 Å². The maximum Gasteiger partial charge on any atom is 0.410 e. The fourth-order valence-corrected chi connectivity index (χ4v) is 7.35. The summed E-state index contributed by atoms with van der Waals surface area (Å²) < 4.78 is 11.0. The molecule has 0 N–H and O–H groups in total. The van der Waals surface area contributed by atoms with Crippen LogP contribution in [-0.4, -0.2) is 72.3 Å². The zero-order valence-corrected chi connectivity index (χ0v) is 24.9. The minimum absolute atomic E-state index is 0.150. The predicted octanol–water partition coefficient (Wildman–Crippen LogP) is 6.61. The van der Waals surface area contributed by atoms with Gasteiger partial charge < -0.3 is 14.4 Å². The van der Waals surface area contributed by atoms with Crippen molar-refractivity contribution < 1.29 is 14.3 Å². The number of hydrogen-bond donors (Lipinski definition) is 0. The summed E-state index contributed by atoms with van der Waals surface area (Å²) in [5.41, 5.74) is 4.45. The van der Waals surface area contributed by atoms with Crippen LogP contribution >= 0.6 is 0 Å². The van der Waals surface area contributed by atoms with Gasteiger partial charge in [-0.1, -0.05) is 36.4 Å². The van der Waals surface area contributed by atoms with Gasteiger partial charge in [0, 0.05) is 51.4 Å². The highest BCUT2D eigenvalue weighted by molar-refractivity contribution is 5.68. The molecular formula is C34H47N3O3. The summed E-state index contributed by atoms with van der Waals surface area (Å²) >= 11 is 0. The van der Waals surface area contributed by atoms with Gasteiger partial charge in [-0.15, -0.1) is 0 Å². The molecule has 1 spiro atoms. The third-order valence-corrected chi connectivity index (χ3v) is 9.73. The Morgan fingerprint density at radius 3 is 2.23 bits per heavy atom. The molecule has 2 aromatic carbocycles. The van der Waals surface area contributed by atoms with Crippen LogP contribution in [0, 0.1) is 5.41 Å². The van der Waals surface area contributed by atoms with Crippen molar-refractivity contribution in [2.24, 2.45) is 5.41 Å². The van der Waals surface area contributed by atoms with Crippen molar-refractivity contribution in [3.63, 3.8) is 0 Å². The molecule has 0 aromatic heterocycles. The van der Waals surface area contributed by atoms with Crippen LogP contribution in [0.2, 0.25) is 0 Å². The summed E-state index contributed by atoms with van der Waals surface area (Å²) in [6.45, 7) is 11.8. The van der Waals surface area contributed by atoms with E-state index in [1.165, 1.54) is 31.2 Å². The largest absolute Gasteiger partial charge is 0.497 e. The Kier molecular flexibility index (Phi) is 7.60. The molecular weight excluding hydrogens is 498 g/mol. The van der Waals surface area contributed by atoms with Crippen molar-refractivity contribution in [1.82, 2.24) is 14.7 Å². The van der Waals surface area contributed by atoms with Crippen LogP contribution < -0.4 is 4.74 Å². The summed E-state index contributed by atoms with van der Waals surface area (Å²) in [5.74, 6) is 1.67. The molecule has 0 radical (unpaired) electrons. The minimum Gasteiger partial charge on any atom is -0.497 e. The van der Waals surface area contributed by atoms with E-state index in [0.29, 0.717) is 17.5 Å². The second-order valence-corrected chi connectivity index (χ2v) is 13.8. The lowest BCUT2D eigenvalue weighted by atomic mass is 9.59. The van der Waals surface area contributed by atoms with Gasteiger partial charge in [0.1, 0.15) is 11.4 Å². The SMILES string of the molecule is COc1ccc(CN2CCN(C3CC4(CCN(C(=O)OC(C)(C)C)CC4)C3)C(c3ccccc3C3CC3)C2)cc1. The first-order chi connectivity index (χ1) is 19.2. The first-order valence-electron chi connectivity index (χ1n) is 15.4. The Balaban J connectivity index is 1.13. The number of carbonyl (C=O) groups is 1. The van der Waals surface area contributed by atoms with E-state index in [2.05, 4.69) is 58.3 Å². The highest BCUT2D eigenvalue weighted by Gasteiger charge is 2.50. The fraction of sp³-hybridized carbons (Fsp3) is 0.618. The monoisotopic (exact) mass is 545 g/mol. The molecule has 2 heterocycles. The Morgan fingerprint density at radius 1 is 0.925 bits per heavy atom. The second kappa shape index (κ2) is 11.0. The number of carbonyl (C=O) groups excluding carboxylic acids is 1. The van der Waals surface area contributed by atoms with Gasteiger partial charge in [-0.05, 0) is 99.5 Å². The number of ether oxygens (including phenoxy) is 2. The van der Waals surface area contributed by atoms with Gasteiger partial charge in [0.15, 0.2) is 0 Å². The van der Waals surface area contributed by atoms with E-state index in [9.17, 15) is 4.79 Å². The lowest BCUT2D eigenvalue weighted by Gasteiger charge is -2.58. The van der Waals surface area contributed by atoms with Crippen molar-refractivity contribution in [2.75, 3.05) is 39.8 Å². The standard InChI is InChI=1S/C34H47N3O3/c1-33(2,3)40-32(38)36-17-15-34(16-18-36)21-27(22-34)37-20-19-35(23-25-9-13-28(39-4)14-10-25)24-31(37)30-8-6-5-7-29(30)26-11-12-26/h5-10,13-14,26-27,31H,11-12,15-24H2,1-4H3. The van der Waals surface area contributed by atoms with Gasteiger partial charge in [-0.2, -0.15) is 0 Å². The predicted molar refractivity (Wildman–Crippen MR) is 159 cm³/mol. The van der Waals surface area contributed by atoms with Crippen LogP contribution in [0.15, 0.2) is 48.5 Å². The third kappa shape index (κ3) is 6.03. The number of amides is 1. The molecule has 1 atom stereocenters. The average molecular weight is 546 g/mol. The molecule has 2 saturated heterocycles. The van der Waals surface area contributed by atoms with Crippen LogP contribution in [0.25, 0.3) is 0 Å². The van der Waals surface area contributed by atoms with E-state index in [4.69, 9.17) is 9.47 Å². The summed E-state index contributed by atoms with van der Waals surface area (Å²) in [7, 11) is 1.73. The summed E-state index contributed by atoms with van der Waals surface area (Å²) in [6.07, 6.45) is 7.24. The summed E-state index contributed by atoms with van der Waals surface area (Å²) in [6, 6.07) is 18.9. The van der Waals surface area contributed by atoms with Gasteiger partial charge >= 0.3 is 6.09 Å². The average Bonchev–Trinajstić information content (AvgIpc) is 3.77.